The summed E-state index contributed by atoms with van der Waals surface area (Å²) in [6.45, 7) is 31.0. The monoisotopic (exact) mass is 646 g/mol. The molecule has 0 aliphatic carbocycles. The smallest absolute Gasteiger partial charge is 0.226 e. The quantitative estimate of drug-likeness (QED) is 0.121. The maximum atomic E-state index is 8.45. The van der Waals surface area contributed by atoms with Gasteiger partial charge in [-0.25, -0.2) is 4.99 Å². The predicted octanol–water partition coefficient (Wildman–Crippen LogP) is 7.77. The first kappa shape index (κ1) is 40.8. The summed E-state index contributed by atoms with van der Waals surface area (Å²) >= 11 is 0. The maximum Gasteiger partial charge on any atom is 0.226 e. The van der Waals surface area contributed by atoms with Gasteiger partial charge in [0.05, 0.1) is 13.2 Å². The van der Waals surface area contributed by atoms with E-state index in [0.29, 0.717) is 42.9 Å². The van der Waals surface area contributed by atoms with Crippen LogP contribution in [0.2, 0.25) is 0 Å². The van der Waals surface area contributed by atoms with Crippen molar-refractivity contribution in [2.24, 2.45) is 27.7 Å². The number of nitrogens with one attached hydrogen (secondary N) is 3. The van der Waals surface area contributed by atoms with Crippen molar-refractivity contribution >= 4 is 18.0 Å². The van der Waals surface area contributed by atoms with Gasteiger partial charge in [0.25, 0.3) is 0 Å². The van der Waals surface area contributed by atoms with E-state index in [0.717, 1.165) is 32.4 Å². The van der Waals surface area contributed by atoms with Crippen LogP contribution in [0.4, 0.5) is 0 Å². The zero-order valence-corrected chi connectivity index (χ0v) is 32.5. The minimum absolute atomic E-state index is 0.0786. The molecule has 1 atom stereocenters. The van der Waals surface area contributed by atoms with Crippen molar-refractivity contribution < 1.29 is 4.74 Å². The van der Waals surface area contributed by atoms with Crippen molar-refractivity contribution in [3.05, 3.63) is 0 Å². The summed E-state index contributed by atoms with van der Waals surface area (Å²) in [7, 11) is 2.34. The largest absolute Gasteiger partial charge is 0.378 e. The minimum Gasteiger partial charge on any atom is -0.378 e. The lowest BCUT2D eigenvalue weighted by Crippen LogP contribution is -2.61. The Morgan fingerprint density at radius 2 is 1.35 bits per heavy atom. The van der Waals surface area contributed by atoms with Gasteiger partial charge in [-0.1, -0.05) is 47.0 Å². The van der Waals surface area contributed by atoms with Gasteiger partial charge in [0.15, 0.2) is 0 Å². The van der Waals surface area contributed by atoms with E-state index in [2.05, 4.69) is 89.1 Å². The molecular weight excluding hydrogens is 570 g/mol. The minimum atomic E-state index is 0.0786. The van der Waals surface area contributed by atoms with Crippen LogP contribution in [0.25, 0.3) is 0 Å². The average molecular weight is 646 g/mol. The van der Waals surface area contributed by atoms with Gasteiger partial charge in [-0.05, 0) is 119 Å². The third-order valence-electron chi connectivity index (χ3n) is 9.86. The Hall–Kier alpha value is -1.35. The molecule has 0 saturated carbocycles. The van der Waals surface area contributed by atoms with E-state index in [1.165, 1.54) is 45.1 Å². The molecule has 8 heteroatoms. The number of rotatable bonds is 11. The van der Waals surface area contributed by atoms with Gasteiger partial charge < -0.3 is 25.2 Å². The van der Waals surface area contributed by atoms with Crippen molar-refractivity contribution in [3.63, 3.8) is 0 Å². The topological polar surface area (TPSA) is 88.3 Å². The number of hydrogen-bond acceptors (Lipinski definition) is 5. The number of nitrogens with zero attached hydrogens (tertiary/aromatic N) is 4. The van der Waals surface area contributed by atoms with Crippen LogP contribution in [-0.4, -0.2) is 95.9 Å². The van der Waals surface area contributed by atoms with Crippen molar-refractivity contribution in [3.8, 4) is 0 Å². The fraction of sp³-hybridized carbons (Fsp3) is 0.921. The molecule has 3 N–H and O–H groups in total. The summed E-state index contributed by atoms with van der Waals surface area (Å²) in [5, 5.41) is 16.2. The molecule has 0 radical (unpaired) electrons. The highest BCUT2D eigenvalue weighted by Crippen LogP contribution is 2.38. The van der Waals surface area contributed by atoms with E-state index in [4.69, 9.17) is 20.1 Å². The van der Waals surface area contributed by atoms with E-state index >= 15 is 0 Å². The molecule has 3 aliphatic heterocycles. The van der Waals surface area contributed by atoms with Gasteiger partial charge in [0.1, 0.15) is 5.84 Å². The molecular formula is C38H75N7O. The second-order valence-electron chi connectivity index (χ2n) is 17.2. The van der Waals surface area contributed by atoms with E-state index in [1.807, 2.05) is 27.7 Å². The first-order valence-electron chi connectivity index (χ1n) is 18.7. The molecule has 3 heterocycles. The van der Waals surface area contributed by atoms with Crippen LogP contribution in [-0.2, 0) is 4.74 Å². The standard InChI is InChI=1S/C36H69N7O.C2H6/c1-27(2)31(37)39-32(43-18-20-44-21-19-43)38-26-28(29-22-33(3,4)40-34(5,6)23-29)16-14-12-13-15-17-42(11)30-24-35(7,8)41-36(9,10)25-30;1-2/h26-30,37,40-41H,12-25H2,1-11H3;1-2H3/b37-31?,38-26+,39-32?;. The zero-order valence-electron chi connectivity index (χ0n) is 32.5. The number of guanidine groups is 1. The van der Waals surface area contributed by atoms with Gasteiger partial charge in [-0.2, -0.15) is 4.99 Å². The average Bonchev–Trinajstić information content (AvgIpc) is 2.93. The molecule has 268 valence electrons. The van der Waals surface area contributed by atoms with Crippen LogP contribution in [0.3, 0.4) is 0 Å². The second-order valence-corrected chi connectivity index (χ2v) is 17.2. The molecule has 3 fully saturated rings. The molecule has 0 spiro atoms. The molecule has 0 aromatic heterocycles. The van der Waals surface area contributed by atoms with Crippen LogP contribution in [0.1, 0.15) is 141 Å². The number of unbranched alkanes of at least 4 members (excludes halogenated alkanes) is 3. The Morgan fingerprint density at radius 1 is 0.848 bits per heavy atom. The van der Waals surface area contributed by atoms with E-state index < -0.39 is 0 Å². The predicted molar refractivity (Wildman–Crippen MR) is 200 cm³/mol. The van der Waals surface area contributed by atoms with Crippen molar-refractivity contribution in [1.82, 2.24) is 20.4 Å². The molecule has 46 heavy (non-hydrogen) atoms. The number of piperidine rings is 2. The fourth-order valence-corrected chi connectivity index (χ4v) is 8.34. The highest BCUT2D eigenvalue weighted by molar-refractivity contribution is 5.98. The van der Waals surface area contributed by atoms with Crippen LogP contribution >= 0.6 is 0 Å². The summed E-state index contributed by atoms with van der Waals surface area (Å²) < 4.78 is 5.61. The Labute approximate surface area is 284 Å². The first-order valence-corrected chi connectivity index (χ1v) is 18.7. The molecule has 0 aromatic rings. The van der Waals surface area contributed by atoms with Crippen molar-refractivity contribution in [2.75, 3.05) is 39.9 Å². The van der Waals surface area contributed by atoms with E-state index in [-0.39, 0.29) is 28.1 Å². The number of hydrogen-bond donors (Lipinski definition) is 3. The van der Waals surface area contributed by atoms with E-state index in [1.54, 1.807) is 0 Å². The fourth-order valence-electron chi connectivity index (χ4n) is 8.34. The Balaban J connectivity index is 0.00000361. The van der Waals surface area contributed by atoms with Crippen LogP contribution < -0.4 is 10.6 Å². The number of amidine groups is 1. The molecule has 8 nitrogen and oxygen atoms in total. The lowest BCUT2D eigenvalue weighted by Gasteiger charge is -2.49. The summed E-state index contributed by atoms with van der Waals surface area (Å²) in [5.74, 6) is 2.13. The molecule has 1 unspecified atom stereocenters. The molecule has 3 saturated heterocycles. The Kier molecular flexibility index (Phi) is 15.9. The highest BCUT2D eigenvalue weighted by Gasteiger charge is 2.41. The third-order valence-corrected chi connectivity index (χ3v) is 9.86. The molecule has 0 amide bonds. The summed E-state index contributed by atoms with van der Waals surface area (Å²) in [4.78, 5) is 14.6. The Morgan fingerprint density at radius 3 is 1.87 bits per heavy atom. The van der Waals surface area contributed by atoms with Gasteiger partial charge >= 0.3 is 0 Å². The number of ether oxygens (including phenoxy) is 1. The van der Waals surface area contributed by atoms with Gasteiger partial charge in [0.2, 0.25) is 5.96 Å². The summed E-state index contributed by atoms with van der Waals surface area (Å²) in [6, 6.07) is 0.646. The number of aliphatic imine (C=N–C) groups is 2. The SMILES string of the molecule is CC.CC(C)C(=N)N=C(/N=C/C(CCCCCCN(C)C1CC(C)(C)NC(C)(C)C1)C1CC(C)(C)NC(C)(C)C1)N1CCOCC1. The maximum absolute atomic E-state index is 8.45. The van der Waals surface area contributed by atoms with Crippen LogP contribution in [0.15, 0.2) is 9.98 Å². The van der Waals surface area contributed by atoms with Crippen LogP contribution in [0, 0.1) is 23.2 Å². The molecule has 3 rings (SSSR count). The zero-order chi connectivity index (χ0) is 34.8. The lowest BCUT2D eigenvalue weighted by molar-refractivity contribution is 0.0676. The summed E-state index contributed by atoms with van der Waals surface area (Å²) in [5.41, 5.74) is 0.580. The normalized spacial score (nSPS) is 24.2. The van der Waals surface area contributed by atoms with Gasteiger partial charge in [0, 0.05) is 53.4 Å². The van der Waals surface area contributed by atoms with Gasteiger partial charge in [-0.15, -0.1) is 0 Å². The molecule has 0 bridgehead atoms. The highest BCUT2D eigenvalue weighted by atomic mass is 16.5. The number of morpholine rings is 1. The second kappa shape index (κ2) is 17.9. The lowest BCUT2D eigenvalue weighted by atomic mass is 9.70. The van der Waals surface area contributed by atoms with Crippen LogP contribution in [0.5, 0.6) is 0 Å². The summed E-state index contributed by atoms with van der Waals surface area (Å²) in [6.07, 6.45) is 13.1. The van der Waals surface area contributed by atoms with Gasteiger partial charge in [-0.3, -0.25) is 5.41 Å². The Bertz CT molecular complexity index is 946. The van der Waals surface area contributed by atoms with Crippen molar-refractivity contribution in [1.29, 1.82) is 5.41 Å². The molecule has 0 aromatic carbocycles. The van der Waals surface area contributed by atoms with Crippen molar-refractivity contribution in [2.45, 2.75) is 169 Å². The van der Waals surface area contributed by atoms with E-state index in [9.17, 15) is 0 Å². The third kappa shape index (κ3) is 14.0. The first-order chi connectivity index (χ1) is 21.4. The molecule has 3 aliphatic rings.